The lowest BCUT2D eigenvalue weighted by molar-refractivity contribution is 0.648. The summed E-state index contributed by atoms with van der Waals surface area (Å²) in [5, 5.41) is 6.60. The number of aliphatic imine (C=N–C) groups is 1. The van der Waals surface area contributed by atoms with Crippen molar-refractivity contribution in [2.75, 3.05) is 25.4 Å². The molecular weight excluding hydrogens is 445 g/mol. The molecular formula is C19H34IN3OS. The quantitative estimate of drug-likeness (QED) is 0.357. The predicted molar refractivity (Wildman–Crippen MR) is 122 cm³/mol. The van der Waals surface area contributed by atoms with E-state index in [1.807, 2.05) is 20.8 Å². The maximum absolute atomic E-state index is 12.1. The highest BCUT2D eigenvalue weighted by atomic mass is 127. The van der Waals surface area contributed by atoms with Crippen LogP contribution in [0.25, 0.3) is 0 Å². The second kappa shape index (κ2) is 11.9. The summed E-state index contributed by atoms with van der Waals surface area (Å²) in [6.07, 6.45) is 0.959. The Bertz CT molecular complexity index is 562. The Morgan fingerprint density at radius 2 is 1.72 bits per heavy atom. The summed E-state index contributed by atoms with van der Waals surface area (Å²) in [6, 6.07) is 6.65. The van der Waals surface area contributed by atoms with E-state index < -0.39 is 10.8 Å². The van der Waals surface area contributed by atoms with Crippen LogP contribution in [0.3, 0.4) is 0 Å². The number of halogens is 1. The molecule has 1 aromatic rings. The summed E-state index contributed by atoms with van der Waals surface area (Å²) in [4.78, 5) is 4.53. The van der Waals surface area contributed by atoms with Gasteiger partial charge in [0.1, 0.15) is 0 Å². The summed E-state index contributed by atoms with van der Waals surface area (Å²) in [7, 11) is -0.861. The highest BCUT2D eigenvalue weighted by Crippen LogP contribution is 2.11. The lowest BCUT2D eigenvalue weighted by Crippen LogP contribution is -2.38. The molecule has 1 unspecified atom stereocenters. The largest absolute Gasteiger partial charge is 0.357 e. The number of rotatable bonds is 7. The predicted octanol–water partition coefficient (Wildman–Crippen LogP) is 3.57. The van der Waals surface area contributed by atoms with Gasteiger partial charge in [-0.15, -0.1) is 24.0 Å². The zero-order valence-electron chi connectivity index (χ0n) is 16.4. The zero-order valence-corrected chi connectivity index (χ0v) is 19.6. The lowest BCUT2D eigenvalue weighted by atomic mass is 10.1. The van der Waals surface area contributed by atoms with E-state index in [1.165, 1.54) is 16.7 Å². The van der Waals surface area contributed by atoms with E-state index in [2.05, 4.69) is 54.6 Å². The van der Waals surface area contributed by atoms with E-state index in [1.54, 1.807) is 0 Å². The van der Waals surface area contributed by atoms with Crippen LogP contribution >= 0.6 is 24.0 Å². The van der Waals surface area contributed by atoms with E-state index >= 15 is 0 Å². The van der Waals surface area contributed by atoms with Crippen LogP contribution < -0.4 is 10.6 Å². The van der Waals surface area contributed by atoms with Crippen LogP contribution in [0.1, 0.15) is 44.4 Å². The van der Waals surface area contributed by atoms with Crippen LogP contribution in [0, 0.1) is 13.8 Å². The van der Waals surface area contributed by atoms with E-state index in [0.29, 0.717) is 12.3 Å². The summed E-state index contributed by atoms with van der Waals surface area (Å²) in [5.41, 5.74) is 3.94. The van der Waals surface area contributed by atoms with Gasteiger partial charge in [-0.3, -0.25) is 9.20 Å². The highest BCUT2D eigenvalue weighted by Gasteiger charge is 2.18. The smallest absolute Gasteiger partial charge is 0.191 e. The van der Waals surface area contributed by atoms with Gasteiger partial charge in [0, 0.05) is 34.4 Å². The Morgan fingerprint density at radius 3 is 2.24 bits per heavy atom. The third-order valence-electron chi connectivity index (χ3n) is 3.56. The SMILES string of the molecule is CCNC(=NCCS(=O)C(C)(C)C)NCCc1cc(C)cc(C)c1.I. The fraction of sp³-hybridized carbons (Fsp3) is 0.632. The number of guanidine groups is 1. The fourth-order valence-electron chi connectivity index (χ4n) is 2.43. The number of aryl methyl sites for hydroxylation is 2. The topological polar surface area (TPSA) is 53.5 Å². The monoisotopic (exact) mass is 479 g/mol. The van der Waals surface area contributed by atoms with Crippen LogP contribution in [0.4, 0.5) is 0 Å². The molecule has 1 rings (SSSR count). The van der Waals surface area contributed by atoms with E-state index in [4.69, 9.17) is 0 Å². The third kappa shape index (κ3) is 10.2. The van der Waals surface area contributed by atoms with Gasteiger partial charge in [-0.1, -0.05) is 29.3 Å². The molecule has 25 heavy (non-hydrogen) atoms. The summed E-state index contributed by atoms with van der Waals surface area (Å²) >= 11 is 0. The number of hydrogen-bond acceptors (Lipinski definition) is 2. The van der Waals surface area contributed by atoms with E-state index in [9.17, 15) is 4.21 Å². The molecule has 0 spiro atoms. The molecule has 0 amide bonds. The molecule has 4 nitrogen and oxygen atoms in total. The number of nitrogens with one attached hydrogen (secondary N) is 2. The lowest BCUT2D eigenvalue weighted by Gasteiger charge is -2.17. The van der Waals surface area contributed by atoms with Crippen molar-refractivity contribution >= 4 is 40.7 Å². The standard InChI is InChI=1S/C19H33N3OS.HI/c1-7-20-18(22-10-11-24(23)19(4,5)6)21-9-8-17-13-15(2)12-16(3)14-17;/h12-14H,7-11H2,1-6H3,(H2,20,21,22);1H. The molecule has 0 fully saturated rings. The molecule has 0 aliphatic carbocycles. The molecule has 0 radical (unpaired) electrons. The molecule has 0 bridgehead atoms. The number of benzene rings is 1. The molecule has 0 aliphatic heterocycles. The van der Waals surface area contributed by atoms with Gasteiger partial charge in [-0.2, -0.15) is 0 Å². The number of nitrogens with zero attached hydrogens (tertiary/aromatic N) is 1. The fourth-order valence-corrected chi connectivity index (χ4v) is 3.30. The van der Waals surface area contributed by atoms with E-state index in [-0.39, 0.29) is 28.7 Å². The molecule has 0 aliphatic rings. The maximum atomic E-state index is 12.1. The van der Waals surface area contributed by atoms with Crippen molar-refractivity contribution in [1.29, 1.82) is 0 Å². The van der Waals surface area contributed by atoms with E-state index in [0.717, 1.165) is 25.5 Å². The average Bonchev–Trinajstić information content (AvgIpc) is 2.45. The van der Waals surface area contributed by atoms with Gasteiger partial charge >= 0.3 is 0 Å². The summed E-state index contributed by atoms with van der Waals surface area (Å²) in [6.45, 7) is 14.5. The van der Waals surface area contributed by atoms with Gasteiger partial charge in [0.25, 0.3) is 0 Å². The van der Waals surface area contributed by atoms with Crippen LogP contribution in [0.5, 0.6) is 0 Å². The molecule has 0 aromatic heterocycles. The van der Waals surface area contributed by atoms with Gasteiger partial charge in [0.2, 0.25) is 0 Å². The van der Waals surface area contributed by atoms with Crippen molar-refractivity contribution in [1.82, 2.24) is 10.6 Å². The Hall–Kier alpha value is -0.630. The zero-order chi connectivity index (χ0) is 18.2. The summed E-state index contributed by atoms with van der Waals surface area (Å²) in [5.74, 6) is 1.39. The maximum Gasteiger partial charge on any atom is 0.191 e. The van der Waals surface area contributed by atoms with Gasteiger partial charge in [-0.05, 0) is 53.5 Å². The molecule has 1 aromatic carbocycles. The van der Waals surface area contributed by atoms with Crippen LogP contribution in [0.2, 0.25) is 0 Å². The van der Waals surface area contributed by atoms with Gasteiger partial charge in [-0.25, -0.2) is 0 Å². The Labute approximate surface area is 173 Å². The highest BCUT2D eigenvalue weighted by molar-refractivity contribution is 14.0. The molecule has 0 heterocycles. The van der Waals surface area contributed by atoms with Gasteiger partial charge in [0.15, 0.2) is 5.96 Å². The van der Waals surface area contributed by atoms with Gasteiger partial charge < -0.3 is 10.6 Å². The van der Waals surface area contributed by atoms with Crippen molar-refractivity contribution in [2.45, 2.75) is 52.7 Å². The average molecular weight is 479 g/mol. The van der Waals surface area contributed by atoms with Crippen molar-refractivity contribution in [2.24, 2.45) is 4.99 Å². The molecule has 144 valence electrons. The summed E-state index contributed by atoms with van der Waals surface area (Å²) < 4.78 is 11.9. The van der Waals surface area contributed by atoms with Crippen LogP contribution in [-0.4, -0.2) is 40.3 Å². The molecule has 1 atom stereocenters. The Balaban J connectivity index is 0.00000576. The van der Waals surface area contributed by atoms with Crippen molar-refractivity contribution in [3.05, 3.63) is 34.9 Å². The first kappa shape index (κ1) is 24.4. The van der Waals surface area contributed by atoms with Crippen molar-refractivity contribution in [3.8, 4) is 0 Å². The minimum atomic E-state index is -0.861. The minimum absolute atomic E-state index is 0. The number of hydrogen-bond donors (Lipinski definition) is 2. The van der Waals surface area contributed by atoms with Gasteiger partial charge in [0.05, 0.1) is 6.54 Å². The second-order valence-corrected chi connectivity index (χ2v) is 9.42. The Kier molecular flexibility index (Phi) is 11.6. The molecule has 6 heteroatoms. The van der Waals surface area contributed by atoms with Crippen LogP contribution in [-0.2, 0) is 17.2 Å². The van der Waals surface area contributed by atoms with Crippen LogP contribution in [0.15, 0.2) is 23.2 Å². The first-order valence-corrected chi connectivity index (χ1v) is 10.0. The first-order chi connectivity index (χ1) is 11.2. The van der Waals surface area contributed by atoms with Crippen molar-refractivity contribution in [3.63, 3.8) is 0 Å². The molecule has 0 saturated heterocycles. The third-order valence-corrected chi connectivity index (χ3v) is 5.48. The molecule has 0 saturated carbocycles. The normalized spacial score (nSPS) is 13.1. The van der Waals surface area contributed by atoms with Crippen molar-refractivity contribution < 1.29 is 4.21 Å². The second-order valence-electron chi connectivity index (χ2n) is 7.10. The first-order valence-electron chi connectivity index (χ1n) is 8.70. The minimum Gasteiger partial charge on any atom is -0.357 e. The Morgan fingerprint density at radius 1 is 1.12 bits per heavy atom. The molecule has 2 N–H and O–H groups in total.